The number of ether oxygens (including phenoxy) is 1. The Kier molecular flexibility index (Phi) is 3.48. The zero-order chi connectivity index (χ0) is 11.5. The summed E-state index contributed by atoms with van der Waals surface area (Å²) in [4.78, 5) is 11.4. The Labute approximate surface area is 90.2 Å². The number of carbonyl (C=O) groups is 1. The van der Waals surface area contributed by atoms with Crippen molar-refractivity contribution in [3.8, 4) is 5.75 Å². The predicted octanol–water partition coefficient (Wildman–Crippen LogP) is 2.01. The molecule has 0 radical (unpaired) electrons. The maximum absolute atomic E-state index is 11.4. The Morgan fingerprint density at radius 3 is 2.60 bits per heavy atom. The number of hydrogen-bond donors (Lipinski definition) is 1. The smallest absolute Gasteiger partial charge is 0.176 e. The average molecular weight is 207 g/mol. The average Bonchev–Trinajstić information content (AvgIpc) is 2.14. The highest BCUT2D eigenvalue weighted by Gasteiger charge is 2.12. The van der Waals surface area contributed by atoms with Crippen LogP contribution in [0.15, 0.2) is 24.3 Å². The van der Waals surface area contributed by atoms with E-state index in [9.17, 15) is 4.79 Å². The molecule has 0 atom stereocenters. The van der Waals surface area contributed by atoms with Gasteiger partial charge >= 0.3 is 0 Å². The normalized spacial score (nSPS) is 11.2. The minimum atomic E-state index is -0.260. The number of benzene rings is 1. The van der Waals surface area contributed by atoms with Gasteiger partial charge in [-0.2, -0.15) is 0 Å². The van der Waals surface area contributed by atoms with Crippen molar-refractivity contribution in [2.24, 2.45) is 5.73 Å². The van der Waals surface area contributed by atoms with Crippen LogP contribution in [0.5, 0.6) is 5.75 Å². The van der Waals surface area contributed by atoms with Crippen LogP contribution in [0.1, 0.15) is 31.1 Å². The monoisotopic (exact) mass is 207 g/mol. The zero-order valence-electron chi connectivity index (χ0n) is 9.41. The summed E-state index contributed by atoms with van der Waals surface area (Å²) in [5, 5.41) is 0. The summed E-state index contributed by atoms with van der Waals surface area (Å²) in [5.41, 5.74) is 5.63. The van der Waals surface area contributed by atoms with Gasteiger partial charge < -0.3 is 10.5 Å². The van der Waals surface area contributed by atoms with Crippen LogP contribution in [-0.2, 0) is 0 Å². The first-order chi connectivity index (χ1) is 6.92. The van der Waals surface area contributed by atoms with Gasteiger partial charge in [0.25, 0.3) is 0 Å². The Hall–Kier alpha value is -1.35. The van der Waals surface area contributed by atoms with E-state index in [0.717, 1.165) is 0 Å². The lowest BCUT2D eigenvalue weighted by molar-refractivity contribution is 0.0998. The van der Waals surface area contributed by atoms with Gasteiger partial charge in [-0.1, -0.05) is 12.1 Å². The van der Waals surface area contributed by atoms with Gasteiger partial charge in [0.05, 0.1) is 6.54 Å². The molecule has 0 saturated heterocycles. The van der Waals surface area contributed by atoms with Crippen molar-refractivity contribution in [2.45, 2.75) is 26.4 Å². The molecule has 2 N–H and O–H groups in total. The molecule has 0 aromatic heterocycles. The summed E-state index contributed by atoms with van der Waals surface area (Å²) in [7, 11) is 0. The lowest BCUT2D eigenvalue weighted by Crippen LogP contribution is -2.23. The molecule has 1 aromatic rings. The Balaban J connectivity index is 2.88. The second-order valence-electron chi connectivity index (χ2n) is 4.37. The van der Waals surface area contributed by atoms with E-state index in [1.54, 1.807) is 18.2 Å². The van der Waals surface area contributed by atoms with Gasteiger partial charge in [0.15, 0.2) is 5.78 Å². The van der Waals surface area contributed by atoms with Gasteiger partial charge in [-0.25, -0.2) is 0 Å². The summed E-state index contributed by atoms with van der Waals surface area (Å²) >= 11 is 0. The Bertz CT molecular complexity index is 353. The van der Waals surface area contributed by atoms with E-state index < -0.39 is 0 Å². The molecule has 15 heavy (non-hydrogen) atoms. The van der Waals surface area contributed by atoms with E-state index in [-0.39, 0.29) is 17.9 Å². The third kappa shape index (κ3) is 3.72. The minimum Gasteiger partial charge on any atom is -0.488 e. The van der Waals surface area contributed by atoms with E-state index in [1.165, 1.54) is 0 Å². The van der Waals surface area contributed by atoms with Crippen LogP contribution in [0.3, 0.4) is 0 Å². The fourth-order valence-electron chi connectivity index (χ4n) is 1.20. The van der Waals surface area contributed by atoms with Gasteiger partial charge in [-0.15, -0.1) is 0 Å². The van der Waals surface area contributed by atoms with Crippen molar-refractivity contribution in [3.63, 3.8) is 0 Å². The van der Waals surface area contributed by atoms with E-state index in [1.807, 2.05) is 26.8 Å². The van der Waals surface area contributed by atoms with E-state index in [4.69, 9.17) is 10.5 Å². The van der Waals surface area contributed by atoms with Gasteiger partial charge in [0, 0.05) is 5.56 Å². The highest BCUT2D eigenvalue weighted by atomic mass is 16.5. The van der Waals surface area contributed by atoms with Crippen LogP contribution in [0, 0.1) is 0 Å². The molecular weight excluding hydrogens is 190 g/mol. The highest BCUT2D eigenvalue weighted by Crippen LogP contribution is 2.19. The van der Waals surface area contributed by atoms with Crippen molar-refractivity contribution >= 4 is 5.78 Å². The third-order valence-electron chi connectivity index (χ3n) is 1.77. The molecule has 0 aliphatic rings. The molecular formula is C12H17NO2. The standard InChI is InChI=1S/C12H17NO2/c1-12(2,3)15-10-6-4-5-9(7-10)11(14)8-13/h4-7H,8,13H2,1-3H3. The molecule has 0 heterocycles. The summed E-state index contributed by atoms with van der Waals surface area (Å²) in [5.74, 6) is 0.621. The van der Waals surface area contributed by atoms with Crippen molar-refractivity contribution in [1.82, 2.24) is 0 Å². The van der Waals surface area contributed by atoms with E-state index in [0.29, 0.717) is 11.3 Å². The van der Waals surface area contributed by atoms with Crippen LogP contribution in [0.2, 0.25) is 0 Å². The largest absolute Gasteiger partial charge is 0.488 e. The molecule has 1 aromatic carbocycles. The molecule has 3 nitrogen and oxygen atoms in total. The van der Waals surface area contributed by atoms with Crippen LogP contribution in [0.4, 0.5) is 0 Å². The fourth-order valence-corrected chi connectivity index (χ4v) is 1.20. The van der Waals surface area contributed by atoms with Gasteiger partial charge in [-0.05, 0) is 32.9 Å². The van der Waals surface area contributed by atoms with Crippen molar-refractivity contribution in [1.29, 1.82) is 0 Å². The maximum atomic E-state index is 11.4. The first kappa shape index (κ1) is 11.7. The molecule has 0 fully saturated rings. The van der Waals surface area contributed by atoms with Crippen molar-refractivity contribution in [3.05, 3.63) is 29.8 Å². The minimum absolute atomic E-state index is 0.0268. The van der Waals surface area contributed by atoms with Crippen molar-refractivity contribution in [2.75, 3.05) is 6.54 Å². The molecule has 0 aliphatic carbocycles. The van der Waals surface area contributed by atoms with E-state index >= 15 is 0 Å². The quantitative estimate of drug-likeness (QED) is 0.771. The van der Waals surface area contributed by atoms with E-state index in [2.05, 4.69) is 0 Å². The zero-order valence-corrected chi connectivity index (χ0v) is 9.41. The second kappa shape index (κ2) is 4.45. The highest BCUT2D eigenvalue weighted by molar-refractivity contribution is 5.97. The summed E-state index contributed by atoms with van der Waals surface area (Å²) < 4.78 is 5.64. The molecule has 1 rings (SSSR count). The second-order valence-corrected chi connectivity index (χ2v) is 4.37. The number of carbonyl (C=O) groups excluding carboxylic acids is 1. The third-order valence-corrected chi connectivity index (χ3v) is 1.77. The molecule has 0 saturated carbocycles. The summed E-state index contributed by atoms with van der Waals surface area (Å²) in [6.45, 7) is 5.91. The molecule has 0 aliphatic heterocycles. The van der Waals surface area contributed by atoms with Gasteiger partial charge in [0.1, 0.15) is 11.4 Å². The fraction of sp³-hybridized carbons (Fsp3) is 0.417. The molecule has 0 bridgehead atoms. The maximum Gasteiger partial charge on any atom is 0.176 e. The SMILES string of the molecule is CC(C)(C)Oc1cccc(C(=O)CN)c1. The topological polar surface area (TPSA) is 52.3 Å². The number of hydrogen-bond acceptors (Lipinski definition) is 3. The Morgan fingerprint density at radius 2 is 2.07 bits per heavy atom. The number of Topliss-reactive ketones (excluding diaryl/α,β-unsaturated/α-hetero) is 1. The van der Waals surface area contributed by atoms with Gasteiger partial charge in [-0.3, -0.25) is 4.79 Å². The summed E-state index contributed by atoms with van der Waals surface area (Å²) in [6.07, 6.45) is 0. The van der Waals surface area contributed by atoms with Crippen LogP contribution in [0.25, 0.3) is 0 Å². The molecule has 3 heteroatoms. The van der Waals surface area contributed by atoms with Crippen LogP contribution in [-0.4, -0.2) is 17.9 Å². The first-order valence-electron chi connectivity index (χ1n) is 4.95. The molecule has 0 amide bonds. The lowest BCUT2D eigenvalue weighted by atomic mass is 10.1. The molecule has 0 spiro atoms. The van der Waals surface area contributed by atoms with Crippen molar-refractivity contribution < 1.29 is 9.53 Å². The molecule has 82 valence electrons. The Morgan fingerprint density at radius 1 is 1.40 bits per heavy atom. The van der Waals surface area contributed by atoms with Crippen LogP contribution < -0.4 is 10.5 Å². The van der Waals surface area contributed by atoms with Gasteiger partial charge in [0.2, 0.25) is 0 Å². The number of nitrogens with two attached hydrogens (primary N) is 1. The number of ketones is 1. The predicted molar refractivity (Wildman–Crippen MR) is 60.2 cm³/mol. The lowest BCUT2D eigenvalue weighted by Gasteiger charge is -2.21. The summed E-state index contributed by atoms with van der Waals surface area (Å²) in [6, 6.07) is 7.09. The first-order valence-corrected chi connectivity index (χ1v) is 4.95. The number of rotatable bonds is 3. The molecule has 0 unspecified atom stereocenters. The van der Waals surface area contributed by atoms with Crippen LogP contribution >= 0.6 is 0 Å².